The summed E-state index contributed by atoms with van der Waals surface area (Å²) in [5.41, 5.74) is 0. The average Bonchev–Trinajstić information content (AvgIpc) is 2.19. The molecule has 1 aliphatic heterocycles. The number of aliphatic carboxylic acids is 1. The average molecular weight is 199 g/mol. The number of carbonyl (C=O) groups is 1. The van der Waals surface area contributed by atoms with Gasteiger partial charge in [-0.2, -0.15) is 0 Å². The second-order valence-electron chi connectivity index (χ2n) is 4.18. The van der Waals surface area contributed by atoms with Crippen molar-refractivity contribution in [3.63, 3.8) is 0 Å². The zero-order valence-electron chi connectivity index (χ0n) is 8.96. The molecule has 0 radical (unpaired) electrons. The van der Waals surface area contributed by atoms with Crippen molar-refractivity contribution in [2.45, 2.75) is 64.0 Å². The maximum Gasteiger partial charge on any atom is 0.320 e. The number of piperidine rings is 1. The highest BCUT2D eigenvalue weighted by atomic mass is 16.4. The van der Waals surface area contributed by atoms with E-state index in [1.165, 1.54) is 19.3 Å². The van der Waals surface area contributed by atoms with Gasteiger partial charge in [0, 0.05) is 6.04 Å². The Morgan fingerprint density at radius 2 is 2.21 bits per heavy atom. The van der Waals surface area contributed by atoms with Gasteiger partial charge in [0.05, 0.1) is 0 Å². The Hall–Kier alpha value is -0.570. The molecule has 2 unspecified atom stereocenters. The Labute approximate surface area is 85.9 Å². The highest BCUT2D eigenvalue weighted by Crippen LogP contribution is 2.17. The number of nitrogens with one attached hydrogen (secondary N) is 1. The standard InChI is InChI=1S/C11H21NO2/c1-2-3-4-6-9-7-5-8-10(12-9)11(13)14/h9-10,12H,2-8H2,1H3,(H,13,14). The van der Waals surface area contributed by atoms with Crippen molar-refractivity contribution in [2.24, 2.45) is 0 Å². The molecule has 82 valence electrons. The quantitative estimate of drug-likeness (QED) is 0.667. The molecular weight excluding hydrogens is 178 g/mol. The molecule has 0 aromatic rings. The molecule has 1 fully saturated rings. The van der Waals surface area contributed by atoms with Crippen LogP contribution in [0.25, 0.3) is 0 Å². The van der Waals surface area contributed by atoms with Crippen LogP contribution in [0, 0.1) is 0 Å². The van der Waals surface area contributed by atoms with Crippen LogP contribution in [-0.4, -0.2) is 23.2 Å². The number of carboxylic acid groups (broad SMARTS) is 1. The molecule has 0 spiro atoms. The number of hydrogen-bond acceptors (Lipinski definition) is 2. The van der Waals surface area contributed by atoms with E-state index in [0.717, 1.165) is 25.7 Å². The number of carboxylic acids is 1. The fourth-order valence-electron chi connectivity index (χ4n) is 2.08. The topological polar surface area (TPSA) is 49.3 Å². The molecule has 1 saturated heterocycles. The predicted octanol–water partition coefficient (Wildman–Crippen LogP) is 2.16. The van der Waals surface area contributed by atoms with Gasteiger partial charge in [-0.05, 0) is 25.7 Å². The van der Waals surface area contributed by atoms with Crippen LogP contribution in [0.2, 0.25) is 0 Å². The van der Waals surface area contributed by atoms with E-state index >= 15 is 0 Å². The third-order valence-corrected chi connectivity index (χ3v) is 2.94. The van der Waals surface area contributed by atoms with Gasteiger partial charge in [-0.15, -0.1) is 0 Å². The van der Waals surface area contributed by atoms with Gasteiger partial charge < -0.3 is 10.4 Å². The lowest BCUT2D eigenvalue weighted by atomic mass is 9.95. The summed E-state index contributed by atoms with van der Waals surface area (Å²) in [5, 5.41) is 12.1. The highest BCUT2D eigenvalue weighted by Gasteiger charge is 2.25. The molecular formula is C11H21NO2. The Morgan fingerprint density at radius 1 is 1.43 bits per heavy atom. The third kappa shape index (κ3) is 3.66. The molecule has 1 rings (SSSR count). The van der Waals surface area contributed by atoms with Gasteiger partial charge in [0.25, 0.3) is 0 Å². The van der Waals surface area contributed by atoms with E-state index in [0.29, 0.717) is 6.04 Å². The van der Waals surface area contributed by atoms with E-state index in [1.54, 1.807) is 0 Å². The highest BCUT2D eigenvalue weighted by molar-refractivity contribution is 5.73. The SMILES string of the molecule is CCCCCC1CCCC(C(=O)O)N1. The van der Waals surface area contributed by atoms with Crippen LogP contribution in [0.5, 0.6) is 0 Å². The van der Waals surface area contributed by atoms with Crippen LogP contribution < -0.4 is 5.32 Å². The molecule has 0 aliphatic carbocycles. The van der Waals surface area contributed by atoms with Crippen LogP contribution >= 0.6 is 0 Å². The van der Waals surface area contributed by atoms with Crippen molar-refractivity contribution >= 4 is 5.97 Å². The van der Waals surface area contributed by atoms with Crippen molar-refractivity contribution in [3.8, 4) is 0 Å². The first kappa shape index (κ1) is 11.5. The summed E-state index contributed by atoms with van der Waals surface area (Å²) in [6, 6.07) is 0.145. The van der Waals surface area contributed by atoms with Crippen LogP contribution in [0.3, 0.4) is 0 Å². The van der Waals surface area contributed by atoms with E-state index in [4.69, 9.17) is 5.11 Å². The predicted molar refractivity (Wildman–Crippen MR) is 56.3 cm³/mol. The zero-order chi connectivity index (χ0) is 10.4. The molecule has 2 N–H and O–H groups in total. The lowest BCUT2D eigenvalue weighted by Crippen LogP contribution is -2.46. The van der Waals surface area contributed by atoms with Crippen molar-refractivity contribution in [3.05, 3.63) is 0 Å². The Balaban J connectivity index is 2.22. The van der Waals surface area contributed by atoms with Crippen LogP contribution in [-0.2, 0) is 4.79 Å². The minimum Gasteiger partial charge on any atom is -0.480 e. The molecule has 1 aliphatic rings. The lowest BCUT2D eigenvalue weighted by Gasteiger charge is -2.28. The summed E-state index contributed by atoms with van der Waals surface area (Å²) in [5.74, 6) is -0.690. The van der Waals surface area contributed by atoms with E-state index in [9.17, 15) is 4.79 Å². The molecule has 2 atom stereocenters. The molecule has 0 aromatic heterocycles. The minimum atomic E-state index is -0.690. The van der Waals surface area contributed by atoms with Gasteiger partial charge in [-0.25, -0.2) is 0 Å². The summed E-state index contributed by atoms with van der Waals surface area (Å²) in [7, 11) is 0. The van der Waals surface area contributed by atoms with Crippen LogP contribution in [0.4, 0.5) is 0 Å². The minimum absolute atomic E-state index is 0.296. The maximum atomic E-state index is 10.8. The van der Waals surface area contributed by atoms with Crippen LogP contribution in [0.15, 0.2) is 0 Å². The Bertz CT molecular complexity index is 182. The fourth-order valence-corrected chi connectivity index (χ4v) is 2.08. The van der Waals surface area contributed by atoms with Crippen molar-refractivity contribution in [1.29, 1.82) is 0 Å². The molecule has 3 nitrogen and oxygen atoms in total. The van der Waals surface area contributed by atoms with Crippen molar-refractivity contribution < 1.29 is 9.90 Å². The third-order valence-electron chi connectivity index (χ3n) is 2.94. The maximum absolute atomic E-state index is 10.8. The molecule has 0 aromatic carbocycles. The zero-order valence-corrected chi connectivity index (χ0v) is 8.96. The van der Waals surface area contributed by atoms with E-state index in [-0.39, 0.29) is 6.04 Å². The number of unbranched alkanes of at least 4 members (excludes halogenated alkanes) is 2. The smallest absolute Gasteiger partial charge is 0.320 e. The van der Waals surface area contributed by atoms with Gasteiger partial charge in [0.2, 0.25) is 0 Å². The van der Waals surface area contributed by atoms with E-state index in [1.807, 2.05) is 0 Å². The second kappa shape index (κ2) is 6.02. The molecule has 3 heteroatoms. The monoisotopic (exact) mass is 199 g/mol. The van der Waals surface area contributed by atoms with Gasteiger partial charge in [0.1, 0.15) is 6.04 Å². The molecule has 1 heterocycles. The van der Waals surface area contributed by atoms with Gasteiger partial charge >= 0.3 is 5.97 Å². The Kier molecular flexibility index (Phi) is 4.94. The number of rotatable bonds is 5. The molecule has 0 amide bonds. The van der Waals surface area contributed by atoms with Crippen LogP contribution in [0.1, 0.15) is 51.9 Å². The summed E-state index contributed by atoms with van der Waals surface area (Å²) in [6.07, 6.45) is 7.84. The summed E-state index contributed by atoms with van der Waals surface area (Å²) in [6.45, 7) is 2.19. The summed E-state index contributed by atoms with van der Waals surface area (Å²) in [4.78, 5) is 10.8. The van der Waals surface area contributed by atoms with Gasteiger partial charge in [-0.1, -0.05) is 26.2 Å². The fraction of sp³-hybridized carbons (Fsp3) is 0.909. The second-order valence-corrected chi connectivity index (χ2v) is 4.18. The molecule has 14 heavy (non-hydrogen) atoms. The van der Waals surface area contributed by atoms with Crippen molar-refractivity contribution in [2.75, 3.05) is 0 Å². The van der Waals surface area contributed by atoms with Gasteiger partial charge in [0.15, 0.2) is 0 Å². The van der Waals surface area contributed by atoms with Gasteiger partial charge in [-0.3, -0.25) is 4.79 Å². The first-order valence-corrected chi connectivity index (χ1v) is 5.73. The van der Waals surface area contributed by atoms with E-state index in [2.05, 4.69) is 12.2 Å². The normalized spacial score (nSPS) is 27.5. The molecule has 0 saturated carbocycles. The van der Waals surface area contributed by atoms with Crippen molar-refractivity contribution in [1.82, 2.24) is 5.32 Å². The first-order valence-electron chi connectivity index (χ1n) is 5.73. The van der Waals surface area contributed by atoms with E-state index < -0.39 is 5.97 Å². The largest absolute Gasteiger partial charge is 0.480 e. The molecule has 0 bridgehead atoms. The first-order chi connectivity index (χ1) is 6.74. The number of hydrogen-bond donors (Lipinski definition) is 2. The lowest BCUT2D eigenvalue weighted by molar-refractivity contribution is -0.140. The summed E-state index contributed by atoms with van der Waals surface area (Å²) < 4.78 is 0. The Morgan fingerprint density at radius 3 is 2.86 bits per heavy atom. The summed E-state index contributed by atoms with van der Waals surface area (Å²) >= 11 is 0.